The normalized spacial score (nSPS) is 19.5. The van der Waals surface area contributed by atoms with Crippen LogP contribution in [0.2, 0.25) is 0 Å². The Morgan fingerprint density at radius 1 is 1.23 bits per heavy atom. The van der Waals surface area contributed by atoms with Crippen molar-refractivity contribution >= 4 is 0 Å². The van der Waals surface area contributed by atoms with Crippen molar-refractivity contribution in [2.45, 2.75) is 45.7 Å². The lowest BCUT2D eigenvalue weighted by Crippen LogP contribution is -2.41. The fourth-order valence-electron chi connectivity index (χ4n) is 3.27. The second kappa shape index (κ2) is 6.54. The molecule has 1 N–H and O–H groups in total. The van der Waals surface area contributed by atoms with Crippen molar-refractivity contribution in [3.63, 3.8) is 0 Å². The monoisotopic (exact) mass is 301 g/mol. The molecule has 6 nitrogen and oxygen atoms in total. The van der Waals surface area contributed by atoms with Crippen LogP contribution in [0.1, 0.15) is 36.2 Å². The average molecular weight is 301 g/mol. The Hall–Kier alpha value is -1.79. The largest absolute Gasteiger partial charge is 0.395 e. The van der Waals surface area contributed by atoms with E-state index in [1.165, 1.54) is 12.8 Å². The maximum atomic E-state index is 9.56. The molecular formula is C16H23N5O. The number of para-hydroxylation sites is 1. The molecule has 3 rings (SSSR count). The third-order valence-electron chi connectivity index (χ3n) is 4.49. The van der Waals surface area contributed by atoms with Gasteiger partial charge in [-0.1, -0.05) is 24.6 Å². The van der Waals surface area contributed by atoms with E-state index < -0.39 is 0 Å². The van der Waals surface area contributed by atoms with Crippen molar-refractivity contribution in [2.75, 3.05) is 13.2 Å². The molecule has 1 aromatic heterocycles. The molecule has 0 spiro atoms. The highest BCUT2D eigenvalue weighted by atomic mass is 16.3. The second-order valence-corrected chi connectivity index (χ2v) is 6.05. The summed E-state index contributed by atoms with van der Waals surface area (Å²) in [5, 5.41) is 21.8. The molecule has 0 unspecified atom stereocenters. The van der Waals surface area contributed by atoms with E-state index in [0.717, 1.165) is 35.6 Å². The molecule has 2 aromatic rings. The van der Waals surface area contributed by atoms with E-state index in [4.69, 9.17) is 0 Å². The Morgan fingerprint density at radius 2 is 2.00 bits per heavy atom. The number of rotatable bonds is 4. The first-order chi connectivity index (χ1) is 10.7. The molecule has 1 fully saturated rings. The van der Waals surface area contributed by atoms with E-state index >= 15 is 0 Å². The van der Waals surface area contributed by atoms with Crippen LogP contribution in [0.25, 0.3) is 5.69 Å². The van der Waals surface area contributed by atoms with Crippen LogP contribution < -0.4 is 0 Å². The minimum Gasteiger partial charge on any atom is -0.395 e. The number of tetrazole rings is 1. The number of nitrogens with zero attached hydrogens (tertiary/aromatic N) is 5. The molecule has 1 aromatic carbocycles. The van der Waals surface area contributed by atoms with Gasteiger partial charge in [0.1, 0.15) is 0 Å². The lowest BCUT2D eigenvalue weighted by atomic mass is 10.0. The van der Waals surface area contributed by atoms with Crippen LogP contribution in [-0.4, -0.2) is 49.4 Å². The minimum absolute atomic E-state index is 0.199. The van der Waals surface area contributed by atoms with E-state index in [1.54, 1.807) is 0 Å². The molecule has 2 heterocycles. The van der Waals surface area contributed by atoms with Crippen molar-refractivity contribution in [1.82, 2.24) is 25.1 Å². The SMILES string of the molecule is Cc1cccc(C)c1-n1nnnc1CN1CCCC[C@@H]1CO. The summed E-state index contributed by atoms with van der Waals surface area (Å²) < 4.78 is 1.84. The highest BCUT2D eigenvalue weighted by molar-refractivity contribution is 5.46. The number of aromatic nitrogens is 4. The number of aliphatic hydroxyl groups is 1. The van der Waals surface area contributed by atoms with Crippen LogP contribution in [0.15, 0.2) is 18.2 Å². The third kappa shape index (κ3) is 2.89. The summed E-state index contributed by atoms with van der Waals surface area (Å²) in [6, 6.07) is 6.41. The molecule has 0 bridgehead atoms. The zero-order chi connectivity index (χ0) is 15.5. The molecule has 0 radical (unpaired) electrons. The van der Waals surface area contributed by atoms with Gasteiger partial charge in [-0.3, -0.25) is 4.90 Å². The first kappa shape index (κ1) is 15.1. The molecule has 1 saturated heterocycles. The predicted molar refractivity (Wildman–Crippen MR) is 83.8 cm³/mol. The second-order valence-electron chi connectivity index (χ2n) is 6.05. The van der Waals surface area contributed by atoms with Crippen molar-refractivity contribution in [2.24, 2.45) is 0 Å². The predicted octanol–water partition coefficient (Wildman–Crippen LogP) is 1.63. The summed E-state index contributed by atoms with van der Waals surface area (Å²) in [6.07, 6.45) is 3.40. The third-order valence-corrected chi connectivity index (χ3v) is 4.49. The Balaban J connectivity index is 1.89. The first-order valence-electron chi connectivity index (χ1n) is 7.89. The topological polar surface area (TPSA) is 67.1 Å². The molecule has 6 heteroatoms. The van der Waals surface area contributed by atoms with Crippen LogP contribution >= 0.6 is 0 Å². The van der Waals surface area contributed by atoms with Crippen molar-refractivity contribution in [3.05, 3.63) is 35.2 Å². The minimum atomic E-state index is 0.199. The quantitative estimate of drug-likeness (QED) is 0.929. The van der Waals surface area contributed by atoms with Gasteiger partial charge in [-0.25, -0.2) is 0 Å². The van der Waals surface area contributed by atoms with Gasteiger partial charge in [0.05, 0.1) is 18.8 Å². The van der Waals surface area contributed by atoms with Crippen LogP contribution in [0.3, 0.4) is 0 Å². The van der Waals surface area contributed by atoms with Gasteiger partial charge in [0.25, 0.3) is 0 Å². The van der Waals surface area contributed by atoms with Gasteiger partial charge in [0.15, 0.2) is 5.82 Å². The van der Waals surface area contributed by atoms with Gasteiger partial charge in [-0.05, 0) is 54.8 Å². The summed E-state index contributed by atoms with van der Waals surface area (Å²) >= 11 is 0. The Morgan fingerprint density at radius 3 is 2.73 bits per heavy atom. The molecule has 0 aliphatic carbocycles. The van der Waals surface area contributed by atoms with Crippen LogP contribution in [0, 0.1) is 13.8 Å². The number of likely N-dealkylation sites (tertiary alicyclic amines) is 1. The van der Waals surface area contributed by atoms with E-state index in [9.17, 15) is 5.11 Å². The molecule has 1 aliphatic heterocycles. The number of hydrogen-bond donors (Lipinski definition) is 1. The molecule has 0 saturated carbocycles. The molecule has 1 aliphatic rings. The van der Waals surface area contributed by atoms with Gasteiger partial charge in [-0.2, -0.15) is 4.68 Å². The molecule has 0 amide bonds. The van der Waals surface area contributed by atoms with Crippen molar-refractivity contribution in [3.8, 4) is 5.69 Å². The maximum Gasteiger partial charge on any atom is 0.170 e. The fourth-order valence-corrected chi connectivity index (χ4v) is 3.27. The summed E-state index contributed by atoms with van der Waals surface area (Å²) in [6.45, 7) is 6.01. The molecule has 1 atom stereocenters. The van der Waals surface area contributed by atoms with E-state index in [0.29, 0.717) is 6.54 Å². The summed E-state index contributed by atoms with van der Waals surface area (Å²) in [4.78, 5) is 2.29. The van der Waals surface area contributed by atoms with Crippen LogP contribution in [0.4, 0.5) is 0 Å². The number of aryl methyl sites for hydroxylation is 2. The van der Waals surface area contributed by atoms with Gasteiger partial charge in [-0.15, -0.1) is 5.10 Å². The van der Waals surface area contributed by atoms with Crippen LogP contribution in [0.5, 0.6) is 0 Å². The number of piperidine rings is 1. The summed E-state index contributed by atoms with van der Waals surface area (Å²) in [7, 11) is 0. The van der Waals surface area contributed by atoms with Gasteiger partial charge in [0.2, 0.25) is 0 Å². The number of benzene rings is 1. The van der Waals surface area contributed by atoms with Gasteiger partial charge in [0, 0.05) is 6.04 Å². The van der Waals surface area contributed by atoms with E-state index in [-0.39, 0.29) is 12.6 Å². The summed E-state index contributed by atoms with van der Waals surface area (Å²) in [5.41, 5.74) is 3.37. The molecular weight excluding hydrogens is 278 g/mol. The zero-order valence-electron chi connectivity index (χ0n) is 13.2. The van der Waals surface area contributed by atoms with Crippen molar-refractivity contribution in [1.29, 1.82) is 0 Å². The van der Waals surface area contributed by atoms with Crippen molar-refractivity contribution < 1.29 is 5.11 Å². The molecule has 118 valence electrons. The average Bonchev–Trinajstić information content (AvgIpc) is 2.96. The fraction of sp³-hybridized carbons (Fsp3) is 0.562. The van der Waals surface area contributed by atoms with Gasteiger partial charge >= 0.3 is 0 Å². The molecule has 22 heavy (non-hydrogen) atoms. The number of hydrogen-bond acceptors (Lipinski definition) is 5. The Labute approximate surface area is 130 Å². The summed E-state index contributed by atoms with van der Waals surface area (Å²) in [5.74, 6) is 0.831. The van der Waals surface area contributed by atoms with Crippen LogP contribution in [-0.2, 0) is 6.54 Å². The highest BCUT2D eigenvalue weighted by Crippen LogP contribution is 2.22. The smallest absolute Gasteiger partial charge is 0.170 e. The lowest BCUT2D eigenvalue weighted by Gasteiger charge is -2.33. The zero-order valence-corrected chi connectivity index (χ0v) is 13.2. The highest BCUT2D eigenvalue weighted by Gasteiger charge is 2.24. The first-order valence-corrected chi connectivity index (χ1v) is 7.89. The van der Waals surface area contributed by atoms with E-state index in [1.807, 2.05) is 10.7 Å². The maximum absolute atomic E-state index is 9.56. The Bertz CT molecular complexity index is 619. The van der Waals surface area contributed by atoms with Gasteiger partial charge < -0.3 is 5.11 Å². The van der Waals surface area contributed by atoms with E-state index in [2.05, 4.69) is 46.4 Å². The number of aliphatic hydroxyl groups excluding tert-OH is 1. The Kier molecular flexibility index (Phi) is 4.49. The lowest BCUT2D eigenvalue weighted by molar-refractivity contribution is 0.0813. The standard InChI is InChI=1S/C16H23N5O/c1-12-6-5-7-13(2)16(12)21-15(17-18-19-21)10-20-9-4-3-8-14(20)11-22/h5-7,14,22H,3-4,8-11H2,1-2H3/t14-/m1/s1.